The summed E-state index contributed by atoms with van der Waals surface area (Å²) in [6, 6.07) is 11.1. The van der Waals surface area contributed by atoms with Crippen LogP contribution in [0.25, 0.3) is 4.85 Å². The highest BCUT2D eigenvalue weighted by Crippen LogP contribution is 2.26. The van der Waals surface area contributed by atoms with Crippen molar-refractivity contribution in [3.8, 4) is 0 Å². The van der Waals surface area contributed by atoms with Crippen LogP contribution in [0.15, 0.2) is 42.5 Å². The number of urea groups is 1. The van der Waals surface area contributed by atoms with Gasteiger partial charge in [-0.25, -0.2) is 15.1 Å². The second-order valence-corrected chi connectivity index (χ2v) is 6.49. The molecule has 0 unspecified atom stereocenters. The first-order chi connectivity index (χ1) is 13.9. The lowest BCUT2D eigenvalue weighted by Crippen LogP contribution is -2.35. The molecule has 11 heteroatoms. The minimum atomic E-state index is -0.801. The molecule has 5 N–H and O–H groups in total. The number of nitrogens with zero attached hydrogens (tertiary/aromatic N) is 4. The van der Waals surface area contributed by atoms with E-state index >= 15 is 0 Å². The second kappa shape index (κ2) is 9.05. The Bertz CT molecular complexity index is 1060. The highest BCUT2D eigenvalue weighted by Gasteiger charge is 2.12. The molecule has 1 heterocycles. The summed E-state index contributed by atoms with van der Waals surface area (Å²) in [5, 5.41) is 3.98. The van der Waals surface area contributed by atoms with Crippen LogP contribution in [-0.2, 0) is 6.42 Å². The van der Waals surface area contributed by atoms with Gasteiger partial charge in [-0.15, -0.1) is 0 Å². The molecule has 0 bridgehead atoms. The Hall–Kier alpha value is -3.61. The van der Waals surface area contributed by atoms with Crippen LogP contribution in [0.4, 0.5) is 28.1 Å². The predicted octanol–water partition coefficient (Wildman–Crippen LogP) is 4.06. The number of rotatable bonds is 6. The van der Waals surface area contributed by atoms with Crippen LogP contribution in [0.3, 0.4) is 0 Å². The number of primary amides is 1. The fraction of sp³-hybridized carbons (Fsp3) is 0.0556. The van der Waals surface area contributed by atoms with E-state index in [0.29, 0.717) is 32.8 Å². The van der Waals surface area contributed by atoms with E-state index in [2.05, 4.69) is 36.0 Å². The molecule has 3 rings (SSSR count). The number of carbonyl (C=O) groups excluding carboxylic acids is 1. The molecule has 29 heavy (non-hydrogen) atoms. The molecule has 0 saturated carbocycles. The summed E-state index contributed by atoms with van der Waals surface area (Å²) in [5.41, 5.74) is 11.6. The van der Waals surface area contributed by atoms with Gasteiger partial charge in [0, 0.05) is 22.2 Å². The molecule has 0 atom stereocenters. The van der Waals surface area contributed by atoms with Crippen molar-refractivity contribution in [2.45, 2.75) is 6.42 Å². The highest BCUT2D eigenvalue weighted by atomic mass is 35.5. The standard InChI is InChI=1S/C18H14Cl2N8O/c1-22-10-5-7-11(8-6-10)23-17-24-15(25-18(26-17)28-27-16(21)29)9-12-13(19)3-2-4-14(12)20/h2-8H,9H2,(H3,21,27,29)(H2,23,24,25,26,28). The number of amides is 2. The molecule has 1 aromatic heterocycles. The van der Waals surface area contributed by atoms with E-state index in [1.807, 2.05) is 0 Å². The Labute approximate surface area is 176 Å². The summed E-state index contributed by atoms with van der Waals surface area (Å²) in [5.74, 6) is 0.629. The van der Waals surface area contributed by atoms with Gasteiger partial charge in [0.2, 0.25) is 11.9 Å². The number of nitrogens with one attached hydrogen (secondary N) is 3. The summed E-state index contributed by atoms with van der Waals surface area (Å²) in [6.45, 7) is 7.01. The van der Waals surface area contributed by atoms with Gasteiger partial charge in [-0.3, -0.25) is 5.43 Å². The summed E-state index contributed by atoms with van der Waals surface area (Å²) >= 11 is 12.5. The Morgan fingerprint density at radius 2 is 1.69 bits per heavy atom. The number of benzene rings is 2. The van der Waals surface area contributed by atoms with Gasteiger partial charge >= 0.3 is 6.03 Å². The Kier molecular flexibility index (Phi) is 6.29. The van der Waals surface area contributed by atoms with E-state index < -0.39 is 6.03 Å². The zero-order valence-corrected chi connectivity index (χ0v) is 16.3. The highest BCUT2D eigenvalue weighted by molar-refractivity contribution is 6.36. The predicted molar refractivity (Wildman–Crippen MR) is 111 cm³/mol. The average Bonchev–Trinajstić information content (AvgIpc) is 2.70. The molecular formula is C18H14Cl2N8O. The monoisotopic (exact) mass is 428 g/mol. The largest absolute Gasteiger partial charge is 0.350 e. The number of halogens is 2. The summed E-state index contributed by atoms with van der Waals surface area (Å²) in [7, 11) is 0. The lowest BCUT2D eigenvalue weighted by Gasteiger charge is -2.11. The Balaban J connectivity index is 1.92. The molecule has 2 amide bonds. The maximum absolute atomic E-state index is 11.0. The Morgan fingerprint density at radius 3 is 2.31 bits per heavy atom. The van der Waals surface area contributed by atoms with E-state index in [0.717, 1.165) is 0 Å². The minimum Gasteiger partial charge on any atom is -0.350 e. The SMILES string of the molecule is [C-]#[N+]c1ccc(Nc2nc(Cc3c(Cl)cccc3Cl)nc(NNC(N)=O)n2)cc1. The minimum absolute atomic E-state index is 0.0669. The smallest absolute Gasteiger partial charge is 0.330 e. The number of aromatic nitrogens is 3. The molecule has 9 nitrogen and oxygen atoms in total. The number of hydrogen-bond donors (Lipinski definition) is 4. The van der Waals surface area contributed by atoms with Crippen molar-refractivity contribution in [2.24, 2.45) is 5.73 Å². The third kappa shape index (κ3) is 5.44. The van der Waals surface area contributed by atoms with E-state index in [-0.39, 0.29) is 18.3 Å². The normalized spacial score (nSPS) is 10.1. The van der Waals surface area contributed by atoms with Crippen LogP contribution in [0.2, 0.25) is 10.0 Å². The number of hydrogen-bond acceptors (Lipinski definition) is 6. The number of anilines is 3. The summed E-state index contributed by atoms with van der Waals surface area (Å²) < 4.78 is 0. The molecule has 0 saturated heterocycles. The maximum Gasteiger partial charge on any atom is 0.330 e. The van der Waals surface area contributed by atoms with Crippen LogP contribution in [0.1, 0.15) is 11.4 Å². The lowest BCUT2D eigenvalue weighted by molar-refractivity contribution is 0.250. The average molecular weight is 429 g/mol. The van der Waals surface area contributed by atoms with Gasteiger partial charge in [0.25, 0.3) is 0 Å². The first-order valence-electron chi connectivity index (χ1n) is 8.18. The fourth-order valence-corrected chi connectivity index (χ4v) is 2.87. The molecular weight excluding hydrogens is 415 g/mol. The zero-order chi connectivity index (χ0) is 20.8. The van der Waals surface area contributed by atoms with Crippen molar-refractivity contribution in [3.05, 3.63) is 75.3 Å². The molecule has 0 aliphatic rings. The molecule has 0 fully saturated rings. The summed E-state index contributed by atoms with van der Waals surface area (Å²) in [4.78, 5) is 27.1. The first kappa shape index (κ1) is 20.1. The lowest BCUT2D eigenvalue weighted by atomic mass is 10.1. The number of hydrazine groups is 1. The molecule has 2 aromatic carbocycles. The van der Waals surface area contributed by atoms with E-state index in [1.54, 1.807) is 42.5 Å². The second-order valence-electron chi connectivity index (χ2n) is 5.67. The van der Waals surface area contributed by atoms with E-state index in [4.69, 9.17) is 35.5 Å². The van der Waals surface area contributed by atoms with Crippen LogP contribution in [-0.4, -0.2) is 21.0 Å². The fourth-order valence-electron chi connectivity index (χ4n) is 2.34. The van der Waals surface area contributed by atoms with Gasteiger partial charge in [0.1, 0.15) is 5.82 Å². The molecule has 146 valence electrons. The van der Waals surface area contributed by atoms with Gasteiger partial charge < -0.3 is 11.1 Å². The van der Waals surface area contributed by atoms with Crippen LogP contribution in [0, 0.1) is 6.57 Å². The Morgan fingerprint density at radius 1 is 1.03 bits per heavy atom. The first-order valence-corrected chi connectivity index (χ1v) is 8.94. The summed E-state index contributed by atoms with van der Waals surface area (Å²) in [6.07, 6.45) is 0.234. The van der Waals surface area contributed by atoms with Gasteiger partial charge in [-0.05, 0) is 29.8 Å². The van der Waals surface area contributed by atoms with Crippen molar-refractivity contribution in [1.29, 1.82) is 0 Å². The van der Waals surface area contributed by atoms with Gasteiger partial charge in [0.05, 0.1) is 6.57 Å². The van der Waals surface area contributed by atoms with Crippen molar-refractivity contribution >= 4 is 52.5 Å². The van der Waals surface area contributed by atoms with Crippen molar-refractivity contribution in [3.63, 3.8) is 0 Å². The third-order valence-corrected chi connectivity index (χ3v) is 4.34. The van der Waals surface area contributed by atoms with Gasteiger partial charge in [0.15, 0.2) is 5.69 Å². The topological polar surface area (TPSA) is 122 Å². The van der Waals surface area contributed by atoms with Gasteiger partial charge in [-0.1, -0.05) is 41.4 Å². The maximum atomic E-state index is 11.0. The zero-order valence-electron chi connectivity index (χ0n) is 14.8. The molecule has 0 spiro atoms. The quantitative estimate of drug-likeness (QED) is 0.346. The third-order valence-electron chi connectivity index (χ3n) is 3.63. The molecule has 0 aliphatic heterocycles. The van der Waals surface area contributed by atoms with Gasteiger partial charge in [-0.2, -0.15) is 15.0 Å². The van der Waals surface area contributed by atoms with Crippen molar-refractivity contribution in [2.75, 3.05) is 10.7 Å². The molecule has 3 aromatic rings. The van der Waals surface area contributed by atoms with Crippen LogP contribution in [0.5, 0.6) is 0 Å². The number of carbonyl (C=O) groups is 1. The van der Waals surface area contributed by atoms with E-state index in [1.165, 1.54) is 0 Å². The molecule has 0 radical (unpaired) electrons. The van der Waals surface area contributed by atoms with Crippen LogP contribution >= 0.6 is 23.2 Å². The number of nitrogens with two attached hydrogens (primary N) is 1. The van der Waals surface area contributed by atoms with Crippen LogP contribution < -0.4 is 21.9 Å². The van der Waals surface area contributed by atoms with Crippen molar-refractivity contribution in [1.82, 2.24) is 20.4 Å². The molecule has 0 aliphatic carbocycles. The van der Waals surface area contributed by atoms with Crippen molar-refractivity contribution < 1.29 is 4.79 Å². The van der Waals surface area contributed by atoms with E-state index in [9.17, 15) is 4.79 Å².